The Labute approximate surface area is 145 Å². The fourth-order valence-corrected chi connectivity index (χ4v) is 3.33. The van der Waals surface area contributed by atoms with E-state index in [1.807, 2.05) is 19.9 Å². The molecule has 1 aliphatic carbocycles. The van der Waals surface area contributed by atoms with Crippen LogP contribution in [0, 0.1) is 38.0 Å². The number of carbonyl (C=O) groups excluding carboxylic acids is 1. The van der Waals surface area contributed by atoms with Gasteiger partial charge in [-0.3, -0.25) is 9.59 Å². The summed E-state index contributed by atoms with van der Waals surface area (Å²) in [5.41, 5.74) is 1.72. The molecule has 0 saturated heterocycles. The van der Waals surface area contributed by atoms with Crippen LogP contribution in [0.3, 0.4) is 0 Å². The van der Waals surface area contributed by atoms with Crippen molar-refractivity contribution in [3.8, 4) is 5.95 Å². The van der Waals surface area contributed by atoms with Crippen LogP contribution in [0.4, 0.5) is 5.82 Å². The molecule has 0 spiro atoms. The van der Waals surface area contributed by atoms with Gasteiger partial charge in [0.1, 0.15) is 5.82 Å². The second-order valence-corrected chi connectivity index (χ2v) is 7.14. The van der Waals surface area contributed by atoms with Gasteiger partial charge in [0, 0.05) is 17.5 Å². The van der Waals surface area contributed by atoms with E-state index < -0.39 is 23.2 Å². The molecule has 1 fully saturated rings. The molecule has 0 radical (unpaired) electrons. The highest BCUT2D eigenvalue weighted by Crippen LogP contribution is 2.58. The number of carboxylic acid groups (broad SMARTS) is 1. The quantitative estimate of drug-likeness (QED) is 0.877. The number of aromatic nitrogens is 4. The SMILES string of the molecule is Cc1cc(C)nc(-n2nc(C)cc2NC(=O)[C@@H]2[C@@H](C(=O)O)C2(C)C)n1. The second-order valence-electron chi connectivity index (χ2n) is 7.14. The third kappa shape index (κ3) is 2.99. The predicted octanol–water partition coefficient (Wildman–Crippen LogP) is 1.88. The summed E-state index contributed by atoms with van der Waals surface area (Å²) in [4.78, 5) is 32.6. The van der Waals surface area contributed by atoms with Gasteiger partial charge in [-0.25, -0.2) is 9.97 Å². The fraction of sp³-hybridized carbons (Fsp3) is 0.471. The Hall–Kier alpha value is -2.77. The lowest BCUT2D eigenvalue weighted by molar-refractivity contribution is -0.140. The molecule has 132 valence electrons. The van der Waals surface area contributed by atoms with Crippen LogP contribution in [-0.4, -0.2) is 36.7 Å². The van der Waals surface area contributed by atoms with Crippen molar-refractivity contribution in [3.05, 3.63) is 29.2 Å². The zero-order valence-electron chi connectivity index (χ0n) is 14.9. The van der Waals surface area contributed by atoms with Crippen LogP contribution in [0.25, 0.3) is 5.95 Å². The molecular weight excluding hydrogens is 322 g/mol. The Morgan fingerprint density at radius 1 is 1.08 bits per heavy atom. The molecule has 1 amide bonds. The first-order valence-electron chi connectivity index (χ1n) is 8.04. The largest absolute Gasteiger partial charge is 0.481 e. The van der Waals surface area contributed by atoms with Gasteiger partial charge in [0.25, 0.3) is 5.95 Å². The molecule has 2 aromatic rings. The molecule has 0 bridgehead atoms. The monoisotopic (exact) mass is 343 g/mol. The van der Waals surface area contributed by atoms with E-state index in [9.17, 15) is 14.7 Å². The number of hydrogen-bond acceptors (Lipinski definition) is 5. The molecule has 25 heavy (non-hydrogen) atoms. The van der Waals surface area contributed by atoms with E-state index >= 15 is 0 Å². The first kappa shape index (κ1) is 17.1. The number of rotatable bonds is 4. The molecule has 1 saturated carbocycles. The van der Waals surface area contributed by atoms with Crippen molar-refractivity contribution < 1.29 is 14.7 Å². The first-order valence-corrected chi connectivity index (χ1v) is 8.04. The van der Waals surface area contributed by atoms with Crippen molar-refractivity contribution >= 4 is 17.7 Å². The van der Waals surface area contributed by atoms with Crippen LogP contribution in [-0.2, 0) is 9.59 Å². The van der Waals surface area contributed by atoms with E-state index in [1.54, 1.807) is 26.8 Å². The van der Waals surface area contributed by atoms with E-state index in [0.717, 1.165) is 11.4 Å². The van der Waals surface area contributed by atoms with Crippen molar-refractivity contribution in [2.75, 3.05) is 5.32 Å². The van der Waals surface area contributed by atoms with Crippen molar-refractivity contribution in [3.63, 3.8) is 0 Å². The molecule has 1 aliphatic rings. The van der Waals surface area contributed by atoms with Gasteiger partial charge in [-0.1, -0.05) is 13.8 Å². The maximum Gasteiger partial charge on any atom is 0.307 e. The van der Waals surface area contributed by atoms with Crippen LogP contribution < -0.4 is 5.32 Å². The number of nitrogens with zero attached hydrogens (tertiary/aromatic N) is 4. The molecule has 0 unspecified atom stereocenters. The Balaban J connectivity index is 1.90. The highest BCUT2D eigenvalue weighted by atomic mass is 16.4. The lowest BCUT2D eigenvalue weighted by Gasteiger charge is -2.09. The Bertz CT molecular complexity index is 851. The van der Waals surface area contributed by atoms with Crippen LogP contribution >= 0.6 is 0 Å². The normalized spacial score (nSPS) is 21.0. The van der Waals surface area contributed by atoms with Gasteiger partial charge < -0.3 is 10.4 Å². The minimum absolute atomic E-state index is 0.331. The lowest BCUT2D eigenvalue weighted by atomic mass is 10.1. The molecule has 8 heteroatoms. The van der Waals surface area contributed by atoms with Crippen molar-refractivity contribution in [2.24, 2.45) is 17.3 Å². The molecule has 0 aromatic carbocycles. The van der Waals surface area contributed by atoms with E-state index in [-0.39, 0.29) is 5.91 Å². The number of aliphatic carboxylic acids is 1. The van der Waals surface area contributed by atoms with Gasteiger partial charge in [-0.05, 0) is 32.3 Å². The zero-order chi connectivity index (χ0) is 18.5. The molecule has 2 aromatic heterocycles. The van der Waals surface area contributed by atoms with Crippen LogP contribution in [0.5, 0.6) is 0 Å². The zero-order valence-corrected chi connectivity index (χ0v) is 14.9. The summed E-state index contributed by atoms with van der Waals surface area (Å²) in [5, 5.41) is 16.4. The Morgan fingerprint density at radius 2 is 1.68 bits per heavy atom. The van der Waals surface area contributed by atoms with Crippen LogP contribution in [0.1, 0.15) is 30.9 Å². The number of nitrogens with one attached hydrogen (secondary N) is 1. The van der Waals surface area contributed by atoms with Crippen LogP contribution in [0.2, 0.25) is 0 Å². The van der Waals surface area contributed by atoms with Gasteiger partial charge in [-0.15, -0.1) is 0 Å². The van der Waals surface area contributed by atoms with Crippen molar-refractivity contribution in [1.82, 2.24) is 19.7 Å². The Kier molecular flexibility index (Phi) is 3.85. The number of carbonyl (C=O) groups is 2. The van der Waals surface area contributed by atoms with Gasteiger partial charge in [0.2, 0.25) is 5.91 Å². The van der Waals surface area contributed by atoms with E-state index in [1.165, 1.54) is 4.68 Å². The second kappa shape index (κ2) is 5.65. The molecule has 2 atom stereocenters. The predicted molar refractivity (Wildman–Crippen MR) is 90.4 cm³/mol. The standard InChI is InChI=1S/C17H21N5O3/c1-8-6-9(2)19-16(18-8)22-11(7-10(3)21-22)20-14(23)12-13(15(24)25)17(12,4)5/h6-7,12-13H,1-5H3,(H,20,23)(H,24,25)/t12-,13-/m0/s1. The summed E-state index contributed by atoms with van der Waals surface area (Å²) >= 11 is 0. The summed E-state index contributed by atoms with van der Waals surface area (Å²) in [5.74, 6) is -1.74. The summed E-state index contributed by atoms with van der Waals surface area (Å²) < 4.78 is 1.47. The van der Waals surface area contributed by atoms with Crippen molar-refractivity contribution in [2.45, 2.75) is 34.6 Å². The topological polar surface area (TPSA) is 110 Å². The minimum atomic E-state index is -0.951. The average molecular weight is 343 g/mol. The maximum absolute atomic E-state index is 12.6. The van der Waals surface area contributed by atoms with Crippen molar-refractivity contribution in [1.29, 1.82) is 0 Å². The molecule has 2 N–H and O–H groups in total. The third-order valence-electron chi connectivity index (χ3n) is 4.62. The summed E-state index contributed by atoms with van der Waals surface area (Å²) in [6, 6.07) is 3.56. The van der Waals surface area contributed by atoms with Gasteiger partial charge >= 0.3 is 5.97 Å². The maximum atomic E-state index is 12.6. The van der Waals surface area contributed by atoms with E-state index in [4.69, 9.17) is 0 Å². The van der Waals surface area contributed by atoms with Gasteiger partial charge in [0.15, 0.2) is 0 Å². The molecular formula is C17H21N5O3. The van der Waals surface area contributed by atoms with Gasteiger partial charge in [0.05, 0.1) is 17.5 Å². The van der Waals surface area contributed by atoms with E-state index in [2.05, 4.69) is 20.4 Å². The third-order valence-corrected chi connectivity index (χ3v) is 4.62. The smallest absolute Gasteiger partial charge is 0.307 e. The number of amides is 1. The van der Waals surface area contributed by atoms with E-state index in [0.29, 0.717) is 17.5 Å². The number of carboxylic acids is 1. The molecule has 0 aliphatic heterocycles. The minimum Gasteiger partial charge on any atom is -0.481 e. The van der Waals surface area contributed by atoms with Gasteiger partial charge in [-0.2, -0.15) is 9.78 Å². The molecule has 8 nitrogen and oxygen atoms in total. The number of aryl methyl sites for hydroxylation is 3. The average Bonchev–Trinajstić information content (AvgIpc) is 2.87. The summed E-state index contributed by atoms with van der Waals surface area (Å²) in [6.07, 6.45) is 0. The summed E-state index contributed by atoms with van der Waals surface area (Å²) in [6.45, 7) is 9.08. The number of hydrogen-bond donors (Lipinski definition) is 2. The molecule has 2 heterocycles. The number of anilines is 1. The highest BCUT2D eigenvalue weighted by Gasteiger charge is 2.66. The highest BCUT2D eigenvalue weighted by molar-refractivity contribution is 5.99. The first-order chi connectivity index (χ1) is 11.6. The lowest BCUT2D eigenvalue weighted by Crippen LogP contribution is -2.20. The summed E-state index contributed by atoms with van der Waals surface area (Å²) in [7, 11) is 0. The fourth-order valence-electron chi connectivity index (χ4n) is 3.33. The molecule has 3 rings (SSSR count). The van der Waals surface area contributed by atoms with Crippen LogP contribution in [0.15, 0.2) is 12.1 Å². The Morgan fingerprint density at radius 3 is 2.20 bits per heavy atom.